The van der Waals surface area contributed by atoms with Gasteiger partial charge in [0, 0.05) is 0 Å². The number of aryl methyl sites for hydroxylation is 1. The molecule has 0 radical (unpaired) electrons. The van der Waals surface area contributed by atoms with E-state index in [1.165, 1.54) is 16.4 Å². The van der Waals surface area contributed by atoms with Gasteiger partial charge in [0.25, 0.3) is 0 Å². The summed E-state index contributed by atoms with van der Waals surface area (Å²) in [5, 5.41) is 6.26. The second-order valence-electron chi connectivity index (χ2n) is 2.92. The van der Waals surface area contributed by atoms with Crippen LogP contribution in [0.3, 0.4) is 0 Å². The summed E-state index contributed by atoms with van der Waals surface area (Å²) in [6.45, 7) is 2.16. The molecule has 0 spiro atoms. The molecule has 7 heteroatoms. The van der Waals surface area contributed by atoms with Crippen LogP contribution in [0, 0.1) is 6.92 Å². The molecule has 1 N–H and O–H groups in total. The monoisotopic (exact) mass is 212 g/mol. The van der Waals surface area contributed by atoms with E-state index in [1.54, 1.807) is 6.92 Å². The van der Waals surface area contributed by atoms with E-state index >= 15 is 0 Å². The molecule has 0 bridgehead atoms. The van der Waals surface area contributed by atoms with Crippen molar-refractivity contribution in [1.82, 2.24) is 19.8 Å². The Balaban J connectivity index is 2.15. The first-order valence-electron chi connectivity index (χ1n) is 4.04. The van der Waals surface area contributed by atoms with Crippen molar-refractivity contribution in [3.8, 4) is 0 Å². The Morgan fingerprint density at radius 2 is 2.36 bits per heavy atom. The fraction of sp³-hybridized carbons (Fsp3) is 0.429. The molecular formula is C7H8N4O2S. The number of carbonyl (C=O) groups is 2. The SMILES string of the molecule is Cc1nnsc1CN1C(=O)CNC1=O. The fourth-order valence-corrected chi connectivity index (χ4v) is 1.78. The van der Waals surface area contributed by atoms with Gasteiger partial charge < -0.3 is 5.32 Å². The molecule has 6 nitrogen and oxygen atoms in total. The van der Waals surface area contributed by atoms with Gasteiger partial charge in [-0.1, -0.05) is 4.49 Å². The van der Waals surface area contributed by atoms with Crippen molar-refractivity contribution in [3.05, 3.63) is 10.6 Å². The Morgan fingerprint density at radius 1 is 1.57 bits per heavy atom. The minimum atomic E-state index is -0.345. The summed E-state index contributed by atoms with van der Waals surface area (Å²) in [4.78, 5) is 24.4. The van der Waals surface area contributed by atoms with Gasteiger partial charge in [-0.15, -0.1) is 5.10 Å². The van der Waals surface area contributed by atoms with Gasteiger partial charge in [-0.05, 0) is 18.5 Å². The molecule has 1 aromatic heterocycles. The molecule has 1 fully saturated rings. The smallest absolute Gasteiger partial charge is 0.324 e. The lowest BCUT2D eigenvalue weighted by Crippen LogP contribution is -2.30. The number of hydrogen-bond acceptors (Lipinski definition) is 5. The lowest BCUT2D eigenvalue weighted by molar-refractivity contribution is -0.125. The van der Waals surface area contributed by atoms with Gasteiger partial charge in [-0.2, -0.15) is 0 Å². The van der Waals surface area contributed by atoms with Crippen LogP contribution in [0.4, 0.5) is 4.79 Å². The van der Waals surface area contributed by atoms with E-state index in [-0.39, 0.29) is 25.0 Å². The number of rotatable bonds is 2. The highest BCUT2D eigenvalue weighted by atomic mass is 32.1. The maximum Gasteiger partial charge on any atom is 0.324 e. The van der Waals surface area contributed by atoms with Crippen molar-refractivity contribution < 1.29 is 9.59 Å². The number of carbonyl (C=O) groups excluding carboxylic acids is 2. The van der Waals surface area contributed by atoms with Gasteiger partial charge in [0.05, 0.1) is 23.7 Å². The van der Waals surface area contributed by atoms with E-state index in [0.717, 1.165) is 10.6 Å². The Morgan fingerprint density at radius 3 is 2.86 bits per heavy atom. The zero-order valence-electron chi connectivity index (χ0n) is 7.48. The van der Waals surface area contributed by atoms with E-state index in [9.17, 15) is 9.59 Å². The first kappa shape index (κ1) is 9.07. The average molecular weight is 212 g/mol. The van der Waals surface area contributed by atoms with Crippen molar-refractivity contribution in [2.24, 2.45) is 0 Å². The molecule has 74 valence electrons. The number of nitrogens with one attached hydrogen (secondary N) is 1. The molecule has 1 aromatic rings. The third-order valence-corrected chi connectivity index (χ3v) is 2.79. The zero-order valence-corrected chi connectivity index (χ0v) is 8.30. The van der Waals surface area contributed by atoms with Crippen LogP contribution in [0.5, 0.6) is 0 Å². The van der Waals surface area contributed by atoms with Crippen LogP contribution in [0.15, 0.2) is 0 Å². The third kappa shape index (κ3) is 1.46. The van der Waals surface area contributed by atoms with Gasteiger partial charge in [-0.25, -0.2) is 4.79 Å². The number of imide groups is 1. The van der Waals surface area contributed by atoms with Crippen LogP contribution in [0.2, 0.25) is 0 Å². The van der Waals surface area contributed by atoms with Gasteiger partial charge in [-0.3, -0.25) is 9.69 Å². The van der Waals surface area contributed by atoms with Gasteiger partial charge in [0.1, 0.15) is 0 Å². The van der Waals surface area contributed by atoms with E-state index < -0.39 is 0 Å². The Kier molecular flexibility index (Phi) is 2.16. The minimum Gasteiger partial charge on any atom is -0.329 e. The molecule has 3 amide bonds. The first-order chi connectivity index (χ1) is 6.68. The number of urea groups is 1. The quantitative estimate of drug-likeness (QED) is 0.694. The number of aromatic nitrogens is 2. The molecular weight excluding hydrogens is 204 g/mol. The van der Waals surface area contributed by atoms with Crippen molar-refractivity contribution in [3.63, 3.8) is 0 Å². The Hall–Kier alpha value is -1.50. The van der Waals surface area contributed by atoms with E-state index in [2.05, 4.69) is 14.9 Å². The number of nitrogens with zero attached hydrogens (tertiary/aromatic N) is 3. The molecule has 14 heavy (non-hydrogen) atoms. The van der Waals surface area contributed by atoms with Crippen molar-refractivity contribution in [1.29, 1.82) is 0 Å². The summed E-state index contributed by atoms with van der Waals surface area (Å²) in [7, 11) is 0. The molecule has 0 saturated carbocycles. The molecule has 0 aromatic carbocycles. The van der Waals surface area contributed by atoms with Crippen molar-refractivity contribution >= 4 is 23.5 Å². The number of amides is 3. The van der Waals surface area contributed by atoms with Crippen LogP contribution in [-0.2, 0) is 11.3 Å². The topological polar surface area (TPSA) is 75.2 Å². The lowest BCUT2D eigenvalue weighted by Gasteiger charge is -2.09. The molecule has 0 atom stereocenters. The highest BCUT2D eigenvalue weighted by Crippen LogP contribution is 2.14. The second kappa shape index (κ2) is 3.33. The zero-order chi connectivity index (χ0) is 10.1. The van der Waals surface area contributed by atoms with Crippen molar-refractivity contribution in [2.45, 2.75) is 13.5 Å². The van der Waals surface area contributed by atoms with Crippen LogP contribution in [0.1, 0.15) is 10.6 Å². The highest BCUT2D eigenvalue weighted by molar-refractivity contribution is 7.05. The summed E-state index contributed by atoms with van der Waals surface area (Å²) < 4.78 is 3.74. The summed E-state index contributed by atoms with van der Waals surface area (Å²) >= 11 is 1.21. The summed E-state index contributed by atoms with van der Waals surface area (Å²) in [5.74, 6) is -0.206. The third-order valence-electron chi connectivity index (χ3n) is 1.98. The van der Waals surface area contributed by atoms with Crippen molar-refractivity contribution in [2.75, 3.05) is 6.54 Å². The maximum absolute atomic E-state index is 11.2. The van der Waals surface area contributed by atoms with Crippen LogP contribution in [0.25, 0.3) is 0 Å². The summed E-state index contributed by atoms with van der Waals surface area (Å²) in [5.41, 5.74) is 0.766. The number of hydrogen-bond donors (Lipinski definition) is 1. The van der Waals surface area contributed by atoms with Gasteiger partial charge in [0.15, 0.2) is 0 Å². The summed E-state index contributed by atoms with van der Waals surface area (Å²) in [6.07, 6.45) is 0. The Labute approximate surface area is 84.1 Å². The predicted molar refractivity (Wildman–Crippen MR) is 48.6 cm³/mol. The molecule has 1 aliphatic heterocycles. The molecule has 0 unspecified atom stereocenters. The van der Waals surface area contributed by atoms with Crippen LogP contribution in [-0.4, -0.2) is 33.0 Å². The van der Waals surface area contributed by atoms with Crippen LogP contribution < -0.4 is 5.32 Å². The standard InChI is InChI=1S/C7H8N4O2S/c1-4-5(14-10-9-4)3-11-6(12)2-8-7(11)13/h2-3H2,1H3,(H,8,13). The fourth-order valence-electron chi connectivity index (χ4n) is 1.15. The normalized spacial score (nSPS) is 16.2. The van der Waals surface area contributed by atoms with E-state index in [1.807, 2.05) is 0 Å². The molecule has 2 heterocycles. The average Bonchev–Trinajstić information content (AvgIpc) is 2.67. The van der Waals surface area contributed by atoms with E-state index in [0.29, 0.717) is 0 Å². The molecule has 1 aliphatic rings. The largest absolute Gasteiger partial charge is 0.329 e. The maximum atomic E-state index is 11.2. The Bertz CT molecular complexity index is 373. The predicted octanol–water partition coefficient (Wildman–Crippen LogP) is -0.102. The molecule has 0 aliphatic carbocycles. The highest BCUT2D eigenvalue weighted by Gasteiger charge is 2.29. The molecule has 2 rings (SSSR count). The van der Waals surface area contributed by atoms with Crippen LogP contribution >= 0.6 is 11.5 Å². The first-order valence-corrected chi connectivity index (χ1v) is 4.82. The summed E-state index contributed by atoms with van der Waals surface area (Å²) in [6, 6.07) is -0.345. The lowest BCUT2D eigenvalue weighted by atomic mass is 10.4. The van der Waals surface area contributed by atoms with E-state index in [4.69, 9.17) is 0 Å². The molecule has 1 saturated heterocycles. The second-order valence-corrected chi connectivity index (χ2v) is 3.76. The van der Waals surface area contributed by atoms with Gasteiger partial charge in [0.2, 0.25) is 5.91 Å². The van der Waals surface area contributed by atoms with Gasteiger partial charge >= 0.3 is 6.03 Å². The minimum absolute atomic E-state index is 0.0874.